The number of benzene rings is 2. The number of aliphatic hydroxyl groups excluding tert-OH is 1. The highest BCUT2D eigenvalue weighted by Crippen LogP contribution is 2.21. The van der Waals surface area contributed by atoms with Crippen LogP contribution < -0.4 is 10.6 Å². The van der Waals surface area contributed by atoms with Crippen LogP contribution in [0.5, 0.6) is 0 Å². The Morgan fingerprint density at radius 2 is 1.83 bits per heavy atom. The highest BCUT2D eigenvalue weighted by molar-refractivity contribution is 5.96. The number of aliphatic hydroxyl groups is 1. The van der Waals surface area contributed by atoms with Gasteiger partial charge in [0, 0.05) is 41.6 Å². The molecule has 6 nitrogen and oxygen atoms in total. The molecule has 154 valence electrons. The van der Waals surface area contributed by atoms with Crippen molar-refractivity contribution < 1.29 is 19.1 Å². The molecule has 0 unspecified atom stereocenters. The first-order valence-corrected chi connectivity index (χ1v) is 9.73. The van der Waals surface area contributed by atoms with Crippen LogP contribution in [0.15, 0.2) is 42.5 Å². The number of rotatable bonds is 7. The summed E-state index contributed by atoms with van der Waals surface area (Å²) in [5.41, 5.74) is 2.58. The molecule has 0 saturated carbocycles. The molecule has 3 rings (SSSR count). The predicted octanol–water partition coefficient (Wildman–Crippen LogP) is 3.04. The SMILES string of the molecule is CC(=O)c1ccc(NC(=O)CN2CCC(Nc3ccc(F)cc3CO)CC2)cc1. The van der Waals surface area contributed by atoms with Crippen molar-refractivity contribution in [1.82, 2.24) is 4.90 Å². The minimum atomic E-state index is -0.364. The van der Waals surface area contributed by atoms with Crippen LogP contribution >= 0.6 is 0 Å². The van der Waals surface area contributed by atoms with Gasteiger partial charge in [0.15, 0.2) is 5.78 Å². The van der Waals surface area contributed by atoms with Crippen LogP contribution in [0.4, 0.5) is 15.8 Å². The molecule has 1 aliphatic rings. The molecule has 1 heterocycles. The van der Waals surface area contributed by atoms with Gasteiger partial charge in [0.1, 0.15) is 5.82 Å². The van der Waals surface area contributed by atoms with Gasteiger partial charge in [-0.05, 0) is 62.2 Å². The lowest BCUT2D eigenvalue weighted by Crippen LogP contribution is -2.42. The zero-order valence-electron chi connectivity index (χ0n) is 16.5. The van der Waals surface area contributed by atoms with Crippen molar-refractivity contribution in [2.75, 3.05) is 30.3 Å². The van der Waals surface area contributed by atoms with Crippen molar-refractivity contribution in [3.63, 3.8) is 0 Å². The molecule has 0 aliphatic carbocycles. The molecular weight excluding hydrogens is 373 g/mol. The summed E-state index contributed by atoms with van der Waals surface area (Å²) in [7, 11) is 0. The van der Waals surface area contributed by atoms with Crippen LogP contribution in [0.1, 0.15) is 35.7 Å². The largest absolute Gasteiger partial charge is 0.392 e. The predicted molar refractivity (Wildman–Crippen MR) is 110 cm³/mol. The topological polar surface area (TPSA) is 81.7 Å². The fraction of sp³-hybridized carbons (Fsp3) is 0.364. The fourth-order valence-electron chi connectivity index (χ4n) is 3.48. The lowest BCUT2D eigenvalue weighted by Gasteiger charge is -2.32. The minimum Gasteiger partial charge on any atom is -0.392 e. The second kappa shape index (κ2) is 9.62. The number of hydrogen-bond donors (Lipinski definition) is 3. The fourth-order valence-corrected chi connectivity index (χ4v) is 3.48. The summed E-state index contributed by atoms with van der Waals surface area (Å²) in [6.07, 6.45) is 1.70. The van der Waals surface area contributed by atoms with Crippen LogP contribution in [0, 0.1) is 5.82 Å². The maximum absolute atomic E-state index is 13.3. The Labute approximate surface area is 169 Å². The van der Waals surface area contributed by atoms with Crippen LogP contribution in [0.3, 0.4) is 0 Å². The van der Waals surface area contributed by atoms with Crippen LogP contribution in [0.25, 0.3) is 0 Å². The lowest BCUT2D eigenvalue weighted by atomic mass is 10.0. The van der Waals surface area contributed by atoms with Gasteiger partial charge < -0.3 is 15.7 Å². The summed E-state index contributed by atoms with van der Waals surface area (Å²) >= 11 is 0. The van der Waals surface area contributed by atoms with Crippen molar-refractivity contribution in [1.29, 1.82) is 0 Å². The van der Waals surface area contributed by atoms with Crippen molar-refractivity contribution in [2.24, 2.45) is 0 Å². The standard InChI is InChI=1S/C22H26FN3O3/c1-15(28)16-2-5-19(6-3-16)25-22(29)13-26-10-8-20(9-11-26)24-21-7-4-18(23)12-17(21)14-27/h2-7,12,20,24,27H,8-11,13-14H2,1H3,(H,25,29). The number of Topliss-reactive ketones (excluding diaryl/α,β-unsaturated/α-hetero) is 1. The quantitative estimate of drug-likeness (QED) is 0.624. The number of nitrogens with one attached hydrogen (secondary N) is 2. The molecule has 1 saturated heterocycles. The Morgan fingerprint density at radius 1 is 1.14 bits per heavy atom. The van der Waals surface area contributed by atoms with Crippen molar-refractivity contribution >= 4 is 23.1 Å². The normalized spacial score (nSPS) is 15.1. The Morgan fingerprint density at radius 3 is 2.45 bits per heavy atom. The summed E-state index contributed by atoms with van der Waals surface area (Å²) in [4.78, 5) is 25.7. The summed E-state index contributed by atoms with van der Waals surface area (Å²) < 4.78 is 13.3. The van der Waals surface area contributed by atoms with Gasteiger partial charge in [0.05, 0.1) is 13.2 Å². The summed E-state index contributed by atoms with van der Waals surface area (Å²) in [6, 6.07) is 11.4. The first-order chi connectivity index (χ1) is 13.9. The molecule has 1 amide bonds. The monoisotopic (exact) mass is 399 g/mol. The van der Waals surface area contributed by atoms with Crippen molar-refractivity contribution in [3.8, 4) is 0 Å². The van der Waals surface area contributed by atoms with Gasteiger partial charge in [-0.15, -0.1) is 0 Å². The summed E-state index contributed by atoms with van der Waals surface area (Å²) in [6.45, 7) is 3.13. The van der Waals surface area contributed by atoms with E-state index in [0.717, 1.165) is 31.6 Å². The average Bonchev–Trinajstić information content (AvgIpc) is 2.71. The van der Waals surface area contributed by atoms with Crippen LogP contribution in [0.2, 0.25) is 0 Å². The van der Waals surface area contributed by atoms with E-state index in [1.807, 2.05) is 0 Å². The number of nitrogens with zero attached hydrogens (tertiary/aromatic N) is 1. The van der Waals surface area contributed by atoms with E-state index in [9.17, 15) is 19.1 Å². The lowest BCUT2D eigenvalue weighted by molar-refractivity contribution is -0.117. The molecule has 0 atom stereocenters. The van der Waals surface area contributed by atoms with Gasteiger partial charge in [-0.2, -0.15) is 0 Å². The number of carbonyl (C=O) groups is 2. The van der Waals surface area contributed by atoms with E-state index in [4.69, 9.17) is 0 Å². The number of amides is 1. The minimum absolute atomic E-state index is 0.00824. The van der Waals surface area contributed by atoms with Gasteiger partial charge in [0.2, 0.25) is 5.91 Å². The molecule has 2 aromatic carbocycles. The van der Waals surface area contributed by atoms with E-state index in [1.165, 1.54) is 19.1 Å². The zero-order chi connectivity index (χ0) is 20.8. The molecule has 0 radical (unpaired) electrons. The molecule has 1 fully saturated rings. The average molecular weight is 399 g/mol. The highest BCUT2D eigenvalue weighted by Gasteiger charge is 2.21. The van der Waals surface area contributed by atoms with Crippen LogP contribution in [-0.4, -0.2) is 47.4 Å². The molecule has 7 heteroatoms. The van der Waals surface area contributed by atoms with E-state index in [1.54, 1.807) is 30.3 Å². The van der Waals surface area contributed by atoms with E-state index in [2.05, 4.69) is 15.5 Å². The van der Waals surface area contributed by atoms with Gasteiger partial charge in [-0.3, -0.25) is 14.5 Å². The van der Waals surface area contributed by atoms with Crippen molar-refractivity contribution in [3.05, 3.63) is 59.4 Å². The second-order valence-electron chi connectivity index (χ2n) is 7.34. The maximum atomic E-state index is 13.3. The van der Waals surface area contributed by atoms with Gasteiger partial charge in [0.25, 0.3) is 0 Å². The number of halogens is 1. The molecule has 29 heavy (non-hydrogen) atoms. The number of hydrogen-bond acceptors (Lipinski definition) is 5. The third kappa shape index (κ3) is 5.85. The molecule has 1 aliphatic heterocycles. The number of carbonyl (C=O) groups excluding carboxylic acids is 2. The van der Waals surface area contributed by atoms with E-state index < -0.39 is 0 Å². The first-order valence-electron chi connectivity index (χ1n) is 9.73. The van der Waals surface area contributed by atoms with Gasteiger partial charge in [-0.1, -0.05) is 0 Å². The first kappa shape index (κ1) is 21.0. The Kier molecular flexibility index (Phi) is 6.95. The van der Waals surface area contributed by atoms with Crippen LogP contribution in [-0.2, 0) is 11.4 Å². The Bertz CT molecular complexity index is 862. The molecule has 0 aromatic heterocycles. The van der Waals surface area contributed by atoms with E-state index in [-0.39, 0.29) is 30.2 Å². The van der Waals surface area contributed by atoms with E-state index in [0.29, 0.717) is 23.4 Å². The number of likely N-dealkylation sites (tertiary alicyclic amines) is 1. The zero-order valence-corrected chi connectivity index (χ0v) is 16.5. The molecule has 0 bridgehead atoms. The summed E-state index contributed by atoms with van der Waals surface area (Å²) in [5, 5.41) is 15.6. The maximum Gasteiger partial charge on any atom is 0.238 e. The number of ketones is 1. The second-order valence-corrected chi connectivity index (χ2v) is 7.34. The van der Waals surface area contributed by atoms with Crippen molar-refractivity contribution in [2.45, 2.75) is 32.4 Å². The third-order valence-electron chi connectivity index (χ3n) is 5.13. The summed E-state index contributed by atoms with van der Waals surface area (Å²) in [5.74, 6) is -0.462. The van der Waals surface area contributed by atoms with Gasteiger partial charge in [-0.25, -0.2) is 4.39 Å². The Hall–Kier alpha value is -2.77. The molecule has 2 aromatic rings. The smallest absolute Gasteiger partial charge is 0.238 e. The molecule has 3 N–H and O–H groups in total. The number of anilines is 2. The third-order valence-corrected chi connectivity index (χ3v) is 5.13. The van der Waals surface area contributed by atoms with E-state index >= 15 is 0 Å². The number of piperidine rings is 1. The molecule has 0 spiro atoms. The van der Waals surface area contributed by atoms with Gasteiger partial charge >= 0.3 is 0 Å². The Balaban J connectivity index is 1.46. The molecular formula is C22H26FN3O3. The highest BCUT2D eigenvalue weighted by atomic mass is 19.1.